The first-order valence-corrected chi connectivity index (χ1v) is 13.9. The third kappa shape index (κ3) is 20.2. The number of halogens is 1. The Labute approximate surface area is 199 Å². The van der Waals surface area contributed by atoms with E-state index in [2.05, 4.69) is 34.9 Å². The zero-order valence-corrected chi connectivity index (χ0v) is 22.7. The lowest BCUT2D eigenvalue weighted by Crippen LogP contribution is -3.00. The molecule has 30 heavy (non-hydrogen) atoms. The fourth-order valence-electron chi connectivity index (χ4n) is 4.66. The summed E-state index contributed by atoms with van der Waals surface area (Å²) in [4.78, 5) is 0. The van der Waals surface area contributed by atoms with Gasteiger partial charge in [0.1, 0.15) is 0 Å². The molecule has 0 bridgehead atoms. The summed E-state index contributed by atoms with van der Waals surface area (Å²) in [5, 5.41) is 0. The highest BCUT2D eigenvalue weighted by atomic mass is 35.5. The van der Waals surface area contributed by atoms with Crippen molar-refractivity contribution in [3.05, 3.63) is 0 Å². The molecule has 1 atom stereocenters. The fourth-order valence-corrected chi connectivity index (χ4v) is 4.66. The van der Waals surface area contributed by atoms with Crippen molar-refractivity contribution in [3.8, 4) is 0 Å². The fraction of sp³-hybridized carbons (Fsp3) is 1.00. The van der Waals surface area contributed by atoms with E-state index in [1.165, 1.54) is 146 Å². The lowest BCUT2D eigenvalue weighted by molar-refractivity contribution is -0.914. The SMILES string of the molecule is CCCCCCCCCCCCCCCCCC(CCCCCC)[N+](C)(C)CC.[Cl-]. The highest BCUT2D eigenvalue weighted by Crippen LogP contribution is 2.21. The van der Waals surface area contributed by atoms with Crippen molar-refractivity contribution in [2.75, 3.05) is 20.6 Å². The molecule has 0 aliphatic carbocycles. The standard InChI is InChI=1S/C28H60N.ClH/c1-6-9-11-13-14-15-16-17-18-19-20-21-22-23-25-27-28(29(4,5)8-3)26-24-12-10-7-2;/h28H,6-27H2,1-5H3;1H/q+1;/p-1. The second kappa shape index (κ2) is 23.9. The van der Waals surface area contributed by atoms with Gasteiger partial charge in [-0.3, -0.25) is 0 Å². The van der Waals surface area contributed by atoms with Crippen molar-refractivity contribution in [2.45, 2.75) is 162 Å². The summed E-state index contributed by atoms with van der Waals surface area (Å²) in [6.07, 6.45) is 30.5. The van der Waals surface area contributed by atoms with Crippen LogP contribution in [0.15, 0.2) is 0 Å². The van der Waals surface area contributed by atoms with Gasteiger partial charge in [0.2, 0.25) is 0 Å². The van der Waals surface area contributed by atoms with E-state index < -0.39 is 0 Å². The molecule has 0 spiro atoms. The summed E-state index contributed by atoms with van der Waals surface area (Å²) in [7, 11) is 4.91. The summed E-state index contributed by atoms with van der Waals surface area (Å²) >= 11 is 0. The molecule has 184 valence electrons. The van der Waals surface area contributed by atoms with Gasteiger partial charge < -0.3 is 16.9 Å². The minimum Gasteiger partial charge on any atom is -1.00 e. The third-order valence-corrected chi connectivity index (χ3v) is 7.34. The van der Waals surface area contributed by atoms with Crippen LogP contribution in [0, 0.1) is 0 Å². The number of nitrogens with zero attached hydrogens (tertiary/aromatic N) is 1. The van der Waals surface area contributed by atoms with Crippen LogP contribution in [0.2, 0.25) is 0 Å². The van der Waals surface area contributed by atoms with Crippen molar-refractivity contribution in [1.82, 2.24) is 0 Å². The second-order valence-electron chi connectivity index (χ2n) is 10.3. The van der Waals surface area contributed by atoms with Crippen LogP contribution in [0.25, 0.3) is 0 Å². The van der Waals surface area contributed by atoms with Gasteiger partial charge in [0.15, 0.2) is 0 Å². The lowest BCUT2D eigenvalue weighted by atomic mass is 9.97. The van der Waals surface area contributed by atoms with Crippen LogP contribution < -0.4 is 12.4 Å². The highest BCUT2D eigenvalue weighted by Gasteiger charge is 2.25. The van der Waals surface area contributed by atoms with Crippen LogP contribution in [0.3, 0.4) is 0 Å². The molecule has 0 amide bonds. The predicted octanol–water partition coefficient (Wildman–Crippen LogP) is 6.69. The molecular weight excluding hydrogens is 386 g/mol. The first-order valence-electron chi connectivity index (χ1n) is 13.9. The summed E-state index contributed by atoms with van der Waals surface area (Å²) in [6.45, 7) is 8.26. The Morgan fingerprint density at radius 1 is 0.433 bits per heavy atom. The molecule has 0 saturated heterocycles. The maximum atomic E-state index is 2.45. The van der Waals surface area contributed by atoms with Crippen LogP contribution >= 0.6 is 0 Å². The Kier molecular flexibility index (Phi) is 25.8. The van der Waals surface area contributed by atoms with Gasteiger partial charge in [-0.05, 0) is 32.6 Å². The number of quaternary nitrogens is 1. The molecule has 0 rings (SSSR count). The van der Waals surface area contributed by atoms with Gasteiger partial charge in [-0.15, -0.1) is 0 Å². The topological polar surface area (TPSA) is 0 Å². The number of unbranched alkanes of at least 4 members (excludes halogenated alkanes) is 17. The van der Waals surface area contributed by atoms with Crippen LogP contribution in [0.5, 0.6) is 0 Å². The summed E-state index contributed by atoms with van der Waals surface area (Å²) in [5.41, 5.74) is 0. The van der Waals surface area contributed by atoms with Crippen molar-refractivity contribution in [1.29, 1.82) is 0 Å². The zero-order valence-electron chi connectivity index (χ0n) is 22.0. The van der Waals surface area contributed by atoms with Gasteiger partial charge >= 0.3 is 0 Å². The van der Waals surface area contributed by atoms with Crippen molar-refractivity contribution >= 4 is 0 Å². The van der Waals surface area contributed by atoms with E-state index in [0.29, 0.717) is 0 Å². The van der Waals surface area contributed by atoms with Gasteiger partial charge in [0, 0.05) is 0 Å². The summed E-state index contributed by atoms with van der Waals surface area (Å²) < 4.78 is 1.23. The van der Waals surface area contributed by atoms with E-state index in [1.54, 1.807) is 0 Å². The Morgan fingerprint density at radius 2 is 0.700 bits per heavy atom. The van der Waals surface area contributed by atoms with Crippen LogP contribution in [0.4, 0.5) is 0 Å². The molecule has 0 aliphatic rings. The van der Waals surface area contributed by atoms with Crippen LogP contribution in [-0.2, 0) is 0 Å². The van der Waals surface area contributed by atoms with Gasteiger partial charge in [0.05, 0.1) is 26.7 Å². The lowest BCUT2D eigenvalue weighted by Gasteiger charge is -2.37. The number of rotatable bonds is 23. The van der Waals surface area contributed by atoms with Gasteiger partial charge in [-0.1, -0.05) is 123 Å². The van der Waals surface area contributed by atoms with E-state index >= 15 is 0 Å². The molecular formula is C28H60ClN. The molecule has 0 N–H and O–H groups in total. The minimum atomic E-state index is 0. The molecule has 2 heteroatoms. The molecule has 0 radical (unpaired) electrons. The maximum absolute atomic E-state index is 2.45. The number of hydrogen-bond acceptors (Lipinski definition) is 0. The Hall–Kier alpha value is 0.250. The predicted molar refractivity (Wildman–Crippen MR) is 135 cm³/mol. The first-order chi connectivity index (χ1) is 14.1. The van der Waals surface area contributed by atoms with E-state index in [9.17, 15) is 0 Å². The Morgan fingerprint density at radius 3 is 1.00 bits per heavy atom. The molecule has 0 aromatic carbocycles. The van der Waals surface area contributed by atoms with Crippen molar-refractivity contribution in [3.63, 3.8) is 0 Å². The van der Waals surface area contributed by atoms with Crippen molar-refractivity contribution in [2.24, 2.45) is 0 Å². The summed E-state index contributed by atoms with van der Waals surface area (Å²) in [5.74, 6) is 0. The van der Waals surface area contributed by atoms with Crippen LogP contribution in [0.1, 0.15) is 156 Å². The van der Waals surface area contributed by atoms with Crippen molar-refractivity contribution < 1.29 is 16.9 Å². The average Bonchev–Trinajstić information content (AvgIpc) is 2.72. The molecule has 1 unspecified atom stereocenters. The maximum Gasteiger partial charge on any atom is 0.0886 e. The quantitative estimate of drug-likeness (QED) is 0.121. The minimum absolute atomic E-state index is 0. The van der Waals surface area contributed by atoms with Crippen LogP contribution in [-0.4, -0.2) is 31.2 Å². The molecule has 0 aromatic heterocycles. The largest absolute Gasteiger partial charge is 1.00 e. The van der Waals surface area contributed by atoms with E-state index in [1.807, 2.05) is 0 Å². The van der Waals surface area contributed by atoms with E-state index in [-0.39, 0.29) is 12.4 Å². The average molecular weight is 446 g/mol. The monoisotopic (exact) mass is 445 g/mol. The first kappa shape index (κ1) is 32.4. The third-order valence-electron chi connectivity index (χ3n) is 7.34. The Balaban J connectivity index is 0. The Bertz CT molecular complexity index is 316. The molecule has 0 aromatic rings. The molecule has 0 heterocycles. The van der Waals surface area contributed by atoms with Gasteiger partial charge in [0.25, 0.3) is 0 Å². The molecule has 0 saturated carbocycles. The van der Waals surface area contributed by atoms with Gasteiger partial charge in [-0.2, -0.15) is 0 Å². The molecule has 1 nitrogen and oxygen atoms in total. The van der Waals surface area contributed by atoms with E-state index in [4.69, 9.17) is 0 Å². The summed E-state index contributed by atoms with van der Waals surface area (Å²) in [6, 6.07) is 0.888. The highest BCUT2D eigenvalue weighted by molar-refractivity contribution is 4.61. The van der Waals surface area contributed by atoms with E-state index in [0.717, 1.165) is 6.04 Å². The normalized spacial score (nSPS) is 12.7. The number of hydrogen-bond donors (Lipinski definition) is 0. The van der Waals surface area contributed by atoms with Gasteiger partial charge in [-0.25, -0.2) is 0 Å². The molecule has 0 aliphatic heterocycles. The zero-order chi connectivity index (χ0) is 21.6. The smallest absolute Gasteiger partial charge is 0.0886 e. The second-order valence-corrected chi connectivity index (χ2v) is 10.3. The molecule has 0 fully saturated rings.